The standard InChI is InChI=1S/C40H40FN7O7S3/c1-25-12-15-29(16-13-25)58(53,54)47(3)19-6-8-27-14-17-32(30(41)23-27)55-21-7-11-34-36(38(51)52)43-40(57-34)48(20-18-28(50)24-49)35-22-26(2)37(46-45-35)44-39-42-31-9-4-5-10-33(31)56-39/h4-5,9-10,12-17,22-23,28,49-50H,7,11,18-21,24H2,1-3H3,(H,51,52)(H,42,44,46). The van der Waals surface area contributed by atoms with Gasteiger partial charge >= 0.3 is 5.97 Å². The topological polar surface area (TPSA) is 191 Å². The van der Waals surface area contributed by atoms with Crippen LogP contribution in [-0.2, 0) is 16.4 Å². The van der Waals surface area contributed by atoms with E-state index in [-0.39, 0.29) is 48.9 Å². The van der Waals surface area contributed by atoms with Crippen molar-refractivity contribution in [3.8, 4) is 17.6 Å². The third-order valence-corrected chi connectivity index (χ3v) is 12.7. The minimum Gasteiger partial charge on any atom is -0.491 e. The molecule has 0 fully saturated rings. The molecular formula is C40H40FN7O7S3. The average molecular weight is 846 g/mol. The van der Waals surface area contributed by atoms with Crippen molar-refractivity contribution >= 4 is 70.8 Å². The number of benzene rings is 3. The number of halogens is 1. The predicted molar refractivity (Wildman–Crippen MR) is 222 cm³/mol. The molecule has 0 aliphatic rings. The lowest BCUT2D eigenvalue weighted by Crippen LogP contribution is -2.27. The summed E-state index contributed by atoms with van der Waals surface area (Å²) in [4.78, 5) is 23.6. The largest absolute Gasteiger partial charge is 0.491 e. The Bertz CT molecular complexity index is 2540. The monoisotopic (exact) mass is 845 g/mol. The van der Waals surface area contributed by atoms with Crippen molar-refractivity contribution < 1.29 is 37.7 Å². The third kappa shape index (κ3) is 10.3. The number of hydrogen-bond acceptors (Lipinski definition) is 14. The Labute approximate surface area is 342 Å². The second kappa shape index (κ2) is 18.8. The maximum atomic E-state index is 15.0. The number of aryl methyl sites for hydroxylation is 3. The van der Waals surface area contributed by atoms with E-state index >= 15 is 0 Å². The van der Waals surface area contributed by atoms with Gasteiger partial charge in [0.05, 0.1) is 41.0 Å². The SMILES string of the molecule is Cc1ccc(S(=O)(=O)N(C)CC#Cc2ccc(OCCCc3sc(N(CCC(O)CO)c4cc(C)c(Nc5nc6ccccc6s5)nn4)nc3C(=O)O)c(F)c2)cc1. The maximum absolute atomic E-state index is 15.0. The van der Waals surface area contributed by atoms with Gasteiger partial charge in [-0.1, -0.05) is 53.0 Å². The fourth-order valence-corrected chi connectivity index (χ4v) is 8.63. The number of aromatic carboxylic acids is 1. The number of anilines is 4. The number of aromatic nitrogens is 4. The lowest BCUT2D eigenvalue weighted by Gasteiger charge is -2.22. The summed E-state index contributed by atoms with van der Waals surface area (Å²) in [7, 11) is -2.31. The molecule has 58 heavy (non-hydrogen) atoms. The average Bonchev–Trinajstić information content (AvgIpc) is 3.82. The van der Waals surface area contributed by atoms with Crippen LogP contribution in [0.5, 0.6) is 5.75 Å². The van der Waals surface area contributed by atoms with E-state index in [9.17, 15) is 32.9 Å². The molecule has 6 aromatic rings. The highest BCUT2D eigenvalue weighted by Crippen LogP contribution is 2.34. The Morgan fingerprint density at radius 1 is 1.03 bits per heavy atom. The summed E-state index contributed by atoms with van der Waals surface area (Å²) >= 11 is 2.61. The fourth-order valence-electron chi connectivity index (χ4n) is 5.56. The molecule has 0 saturated carbocycles. The van der Waals surface area contributed by atoms with Gasteiger partial charge in [-0.05, 0) is 87.2 Å². The van der Waals surface area contributed by atoms with Gasteiger partial charge in [0.2, 0.25) is 10.0 Å². The number of para-hydroxylation sites is 1. The Kier molecular flexibility index (Phi) is 13.6. The molecule has 4 N–H and O–H groups in total. The molecule has 3 heterocycles. The quantitative estimate of drug-likeness (QED) is 0.0591. The molecule has 0 aliphatic heterocycles. The van der Waals surface area contributed by atoms with E-state index < -0.39 is 34.5 Å². The molecule has 0 radical (unpaired) electrons. The van der Waals surface area contributed by atoms with Crippen LogP contribution in [0.25, 0.3) is 10.2 Å². The minimum atomic E-state index is -3.73. The fraction of sp³-hybridized carbons (Fsp3) is 0.275. The normalized spacial score (nSPS) is 12.0. The number of ether oxygens (including phenoxy) is 1. The van der Waals surface area contributed by atoms with E-state index in [0.717, 1.165) is 37.0 Å². The molecule has 0 saturated heterocycles. The van der Waals surface area contributed by atoms with Crippen LogP contribution in [0.4, 0.5) is 26.3 Å². The summed E-state index contributed by atoms with van der Waals surface area (Å²) in [6, 6.07) is 20.2. The smallest absolute Gasteiger partial charge is 0.355 e. The second-order valence-electron chi connectivity index (χ2n) is 13.2. The van der Waals surface area contributed by atoms with Crippen LogP contribution >= 0.6 is 22.7 Å². The number of carbonyl (C=O) groups is 1. The van der Waals surface area contributed by atoms with E-state index in [1.54, 1.807) is 29.2 Å². The molecule has 0 spiro atoms. The van der Waals surface area contributed by atoms with Crippen molar-refractivity contribution in [2.75, 3.05) is 43.6 Å². The summed E-state index contributed by atoms with van der Waals surface area (Å²) in [6.45, 7) is 3.37. The first kappa shape index (κ1) is 42.1. The van der Waals surface area contributed by atoms with Crippen molar-refractivity contribution in [1.82, 2.24) is 24.5 Å². The van der Waals surface area contributed by atoms with E-state index in [0.29, 0.717) is 38.8 Å². The van der Waals surface area contributed by atoms with E-state index in [1.807, 2.05) is 38.1 Å². The number of thiazole rings is 2. The Balaban J connectivity index is 1.09. The molecule has 0 amide bonds. The molecule has 1 unspecified atom stereocenters. The molecule has 3 aromatic heterocycles. The lowest BCUT2D eigenvalue weighted by molar-refractivity contribution is 0.0690. The molecule has 18 heteroatoms. The number of carboxylic acids is 1. The van der Waals surface area contributed by atoms with Gasteiger partial charge in [0, 0.05) is 24.0 Å². The second-order valence-corrected chi connectivity index (χ2v) is 17.3. The number of aliphatic hydroxyl groups excluding tert-OH is 2. The number of nitrogens with zero attached hydrogens (tertiary/aromatic N) is 6. The third-order valence-electron chi connectivity index (χ3n) is 8.78. The number of hydrogen-bond donors (Lipinski definition) is 4. The molecule has 0 aliphatic carbocycles. The van der Waals surface area contributed by atoms with Crippen LogP contribution in [0.3, 0.4) is 0 Å². The zero-order valence-electron chi connectivity index (χ0n) is 31.7. The number of aliphatic hydroxyl groups is 2. The summed E-state index contributed by atoms with van der Waals surface area (Å²) in [5.41, 5.74) is 2.70. The van der Waals surface area contributed by atoms with Crippen LogP contribution < -0.4 is 15.0 Å². The maximum Gasteiger partial charge on any atom is 0.355 e. The minimum absolute atomic E-state index is 0.0169. The van der Waals surface area contributed by atoms with E-state index in [2.05, 4.69) is 37.3 Å². The zero-order valence-corrected chi connectivity index (χ0v) is 34.2. The Morgan fingerprint density at radius 2 is 1.81 bits per heavy atom. The lowest BCUT2D eigenvalue weighted by atomic mass is 10.2. The van der Waals surface area contributed by atoms with Crippen LogP contribution in [0.1, 0.15) is 44.9 Å². The van der Waals surface area contributed by atoms with E-state index in [4.69, 9.17) is 4.74 Å². The number of carboxylic acid groups (broad SMARTS) is 1. The van der Waals surface area contributed by atoms with Crippen LogP contribution in [-0.4, -0.2) is 93.6 Å². The molecule has 14 nitrogen and oxygen atoms in total. The number of nitrogens with one attached hydrogen (secondary N) is 1. The molecule has 1 atom stereocenters. The van der Waals surface area contributed by atoms with Gasteiger partial charge in [0.25, 0.3) is 0 Å². The van der Waals surface area contributed by atoms with Crippen molar-refractivity contribution in [3.63, 3.8) is 0 Å². The number of rotatable bonds is 17. The Hall–Kier alpha value is -5.55. The van der Waals surface area contributed by atoms with Crippen LogP contribution in [0.2, 0.25) is 0 Å². The zero-order chi connectivity index (χ0) is 41.4. The highest BCUT2D eigenvalue weighted by atomic mass is 32.2. The number of sulfonamides is 1. The van der Waals surface area contributed by atoms with Gasteiger partial charge in [-0.3, -0.25) is 0 Å². The van der Waals surface area contributed by atoms with Gasteiger partial charge in [0.15, 0.2) is 39.2 Å². The van der Waals surface area contributed by atoms with Crippen molar-refractivity contribution in [3.05, 3.63) is 106 Å². The van der Waals surface area contributed by atoms with Crippen molar-refractivity contribution in [1.29, 1.82) is 0 Å². The first-order valence-corrected chi connectivity index (χ1v) is 21.1. The predicted octanol–water partition coefficient (Wildman–Crippen LogP) is 6.31. The van der Waals surface area contributed by atoms with Gasteiger partial charge in [-0.25, -0.2) is 27.6 Å². The van der Waals surface area contributed by atoms with Gasteiger partial charge in [0.1, 0.15) is 0 Å². The summed E-state index contributed by atoms with van der Waals surface area (Å²) in [5.74, 6) is 4.50. The molecule has 6 rings (SSSR count). The molecule has 3 aromatic carbocycles. The summed E-state index contributed by atoms with van der Waals surface area (Å²) in [6.07, 6.45) is -0.300. The van der Waals surface area contributed by atoms with Crippen molar-refractivity contribution in [2.24, 2.45) is 0 Å². The molecular weight excluding hydrogens is 806 g/mol. The van der Waals surface area contributed by atoms with E-state index in [1.165, 1.54) is 42.6 Å². The first-order chi connectivity index (χ1) is 27.8. The first-order valence-electron chi connectivity index (χ1n) is 18.0. The van der Waals surface area contributed by atoms with Crippen molar-refractivity contribution in [2.45, 2.75) is 44.1 Å². The van der Waals surface area contributed by atoms with Crippen LogP contribution in [0.15, 0.2) is 77.7 Å². The van der Waals surface area contributed by atoms with Gasteiger partial charge in [-0.15, -0.1) is 21.5 Å². The highest BCUT2D eigenvalue weighted by Gasteiger charge is 2.24. The highest BCUT2D eigenvalue weighted by molar-refractivity contribution is 7.89. The number of fused-ring (bicyclic) bond motifs is 1. The van der Waals surface area contributed by atoms with Gasteiger partial charge in [-0.2, -0.15) is 4.31 Å². The van der Waals surface area contributed by atoms with Gasteiger partial charge < -0.3 is 30.3 Å². The molecule has 302 valence electrons. The summed E-state index contributed by atoms with van der Waals surface area (Å²) < 4.78 is 48.4. The Morgan fingerprint density at radius 3 is 2.52 bits per heavy atom. The molecule has 0 bridgehead atoms. The summed E-state index contributed by atoms with van der Waals surface area (Å²) in [5, 5.41) is 42.6. The van der Waals surface area contributed by atoms with Crippen LogP contribution in [0, 0.1) is 31.5 Å².